The molecule has 4 nitrogen and oxygen atoms in total. The minimum absolute atomic E-state index is 0.701. The quantitative estimate of drug-likeness (QED) is 0.771. The molecule has 0 aliphatic carbocycles. The number of nitrogens with two attached hydrogens (primary N) is 1. The van der Waals surface area contributed by atoms with Crippen molar-refractivity contribution in [2.24, 2.45) is 7.05 Å². The number of nitrogen functional groups attached to an aromatic ring is 1. The van der Waals surface area contributed by atoms with Gasteiger partial charge in [-0.15, -0.1) is 0 Å². The highest BCUT2D eigenvalue weighted by Gasteiger charge is 2.00. The molecular weight excluding hydrogens is 200 g/mol. The van der Waals surface area contributed by atoms with Crippen LogP contribution in [-0.2, 0) is 13.6 Å². The molecule has 0 spiro atoms. The zero-order valence-electron chi connectivity index (χ0n) is 9.57. The Labute approximate surface area is 95.1 Å². The molecule has 0 aliphatic heterocycles. The Balaban J connectivity index is 2.07. The van der Waals surface area contributed by atoms with Gasteiger partial charge in [0.1, 0.15) is 5.82 Å². The highest BCUT2D eigenvalue weighted by molar-refractivity contribution is 5.56. The Hall–Kier alpha value is -1.97. The van der Waals surface area contributed by atoms with Gasteiger partial charge in [0.15, 0.2) is 0 Å². The average molecular weight is 216 g/mol. The molecule has 0 fully saturated rings. The van der Waals surface area contributed by atoms with E-state index in [0.717, 1.165) is 22.8 Å². The van der Waals surface area contributed by atoms with Crippen LogP contribution in [0, 0.1) is 6.92 Å². The van der Waals surface area contributed by atoms with E-state index in [4.69, 9.17) is 5.73 Å². The number of aryl methyl sites for hydroxylation is 2. The Morgan fingerprint density at radius 2 is 2.19 bits per heavy atom. The molecule has 0 bridgehead atoms. The first-order valence-electron chi connectivity index (χ1n) is 5.22. The maximum absolute atomic E-state index is 5.78. The highest BCUT2D eigenvalue weighted by atomic mass is 15.1. The maximum Gasteiger partial charge on any atom is 0.127 e. The Morgan fingerprint density at radius 3 is 2.81 bits per heavy atom. The molecule has 2 rings (SSSR count). The molecular formula is C12H16N4. The number of anilines is 2. The van der Waals surface area contributed by atoms with Gasteiger partial charge in [-0.3, -0.25) is 0 Å². The van der Waals surface area contributed by atoms with Crippen molar-refractivity contribution >= 4 is 11.4 Å². The molecule has 16 heavy (non-hydrogen) atoms. The lowest BCUT2D eigenvalue weighted by atomic mass is 10.2. The summed E-state index contributed by atoms with van der Waals surface area (Å²) >= 11 is 0. The first kappa shape index (κ1) is 10.5. The van der Waals surface area contributed by atoms with Crippen molar-refractivity contribution in [3.05, 3.63) is 42.0 Å². The molecule has 0 saturated carbocycles. The maximum atomic E-state index is 5.78. The van der Waals surface area contributed by atoms with Gasteiger partial charge in [0.2, 0.25) is 0 Å². The first-order chi connectivity index (χ1) is 7.65. The summed E-state index contributed by atoms with van der Waals surface area (Å²) in [6.07, 6.45) is 3.73. The Kier molecular flexibility index (Phi) is 2.81. The number of rotatable bonds is 3. The van der Waals surface area contributed by atoms with Crippen molar-refractivity contribution in [2.45, 2.75) is 13.5 Å². The predicted octanol–water partition coefficient (Wildman–Crippen LogP) is 1.92. The van der Waals surface area contributed by atoms with Gasteiger partial charge in [-0.2, -0.15) is 0 Å². The minimum atomic E-state index is 0.701. The van der Waals surface area contributed by atoms with Crippen LogP contribution in [0.2, 0.25) is 0 Å². The second-order valence-corrected chi connectivity index (χ2v) is 3.94. The van der Waals surface area contributed by atoms with Crippen LogP contribution in [0.15, 0.2) is 30.6 Å². The molecule has 1 aromatic carbocycles. The van der Waals surface area contributed by atoms with Crippen molar-refractivity contribution in [1.82, 2.24) is 9.55 Å². The normalized spacial score (nSPS) is 10.4. The number of aromatic nitrogens is 2. The summed E-state index contributed by atoms with van der Waals surface area (Å²) in [6, 6.07) is 5.95. The van der Waals surface area contributed by atoms with E-state index in [1.165, 1.54) is 0 Å². The Bertz CT molecular complexity index is 467. The topological polar surface area (TPSA) is 55.9 Å². The van der Waals surface area contributed by atoms with Crippen molar-refractivity contribution in [3.8, 4) is 0 Å². The second kappa shape index (κ2) is 4.26. The van der Waals surface area contributed by atoms with Crippen molar-refractivity contribution in [1.29, 1.82) is 0 Å². The van der Waals surface area contributed by atoms with E-state index >= 15 is 0 Å². The van der Waals surface area contributed by atoms with Crippen molar-refractivity contribution in [2.75, 3.05) is 11.1 Å². The van der Waals surface area contributed by atoms with E-state index in [0.29, 0.717) is 6.54 Å². The summed E-state index contributed by atoms with van der Waals surface area (Å²) in [5.74, 6) is 1.00. The van der Waals surface area contributed by atoms with Crippen LogP contribution in [0.3, 0.4) is 0 Å². The lowest BCUT2D eigenvalue weighted by Gasteiger charge is -2.08. The Morgan fingerprint density at radius 1 is 1.38 bits per heavy atom. The van der Waals surface area contributed by atoms with Gasteiger partial charge in [-0.05, 0) is 30.7 Å². The smallest absolute Gasteiger partial charge is 0.127 e. The summed E-state index contributed by atoms with van der Waals surface area (Å²) in [4.78, 5) is 4.24. The van der Waals surface area contributed by atoms with E-state index in [-0.39, 0.29) is 0 Å². The molecule has 2 aromatic rings. The SMILES string of the molecule is Cc1cc(N)cc(NCc2nccn2C)c1. The van der Waals surface area contributed by atoms with Crippen LogP contribution in [0.1, 0.15) is 11.4 Å². The zero-order chi connectivity index (χ0) is 11.5. The van der Waals surface area contributed by atoms with Gasteiger partial charge < -0.3 is 15.6 Å². The average Bonchev–Trinajstić information content (AvgIpc) is 2.59. The number of nitrogens with zero attached hydrogens (tertiary/aromatic N) is 2. The van der Waals surface area contributed by atoms with Crippen molar-refractivity contribution < 1.29 is 0 Å². The van der Waals surface area contributed by atoms with E-state index in [9.17, 15) is 0 Å². The van der Waals surface area contributed by atoms with E-state index in [1.807, 2.05) is 36.9 Å². The van der Waals surface area contributed by atoms with E-state index in [1.54, 1.807) is 6.20 Å². The first-order valence-corrected chi connectivity index (χ1v) is 5.22. The number of benzene rings is 1. The van der Waals surface area contributed by atoms with Crippen LogP contribution < -0.4 is 11.1 Å². The van der Waals surface area contributed by atoms with E-state index in [2.05, 4.69) is 16.4 Å². The van der Waals surface area contributed by atoms with Gasteiger partial charge in [0, 0.05) is 30.8 Å². The lowest BCUT2D eigenvalue weighted by Crippen LogP contribution is -2.06. The van der Waals surface area contributed by atoms with Gasteiger partial charge in [0.05, 0.1) is 6.54 Å². The van der Waals surface area contributed by atoms with Gasteiger partial charge in [-0.1, -0.05) is 0 Å². The molecule has 4 heteroatoms. The number of imidazole rings is 1. The number of hydrogen-bond donors (Lipinski definition) is 2. The third kappa shape index (κ3) is 2.34. The monoisotopic (exact) mass is 216 g/mol. The largest absolute Gasteiger partial charge is 0.399 e. The molecule has 0 unspecified atom stereocenters. The summed E-state index contributed by atoms with van der Waals surface area (Å²) in [5, 5.41) is 3.31. The zero-order valence-corrected chi connectivity index (χ0v) is 9.57. The molecule has 0 aliphatic rings. The molecule has 84 valence electrons. The van der Waals surface area contributed by atoms with Crippen LogP contribution in [0.25, 0.3) is 0 Å². The van der Waals surface area contributed by atoms with Crippen LogP contribution in [-0.4, -0.2) is 9.55 Å². The second-order valence-electron chi connectivity index (χ2n) is 3.94. The highest BCUT2D eigenvalue weighted by Crippen LogP contribution is 2.16. The van der Waals surface area contributed by atoms with Gasteiger partial charge >= 0.3 is 0 Å². The summed E-state index contributed by atoms with van der Waals surface area (Å²) in [6.45, 7) is 2.73. The minimum Gasteiger partial charge on any atom is -0.399 e. The fourth-order valence-corrected chi connectivity index (χ4v) is 1.66. The lowest BCUT2D eigenvalue weighted by molar-refractivity contribution is 0.813. The number of hydrogen-bond acceptors (Lipinski definition) is 3. The summed E-state index contributed by atoms with van der Waals surface area (Å²) in [5.41, 5.74) is 8.74. The number of nitrogens with one attached hydrogen (secondary N) is 1. The molecule has 0 amide bonds. The fourth-order valence-electron chi connectivity index (χ4n) is 1.66. The van der Waals surface area contributed by atoms with Gasteiger partial charge in [-0.25, -0.2) is 4.98 Å². The standard InChI is InChI=1S/C12H16N4/c1-9-5-10(13)7-11(6-9)15-8-12-14-3-4-16(12)2/h3-7,15H,8,13H2,1-2H3. The molecule has 1 heterocycles. The summed E-state index contributed by atoms with van der Waals surface area (Å²) in [7, 11) is 1.98. The van der Waals surface area contributed by atoms with Crippen LogP contribution in [0.5, 0.6) is 0 Å². The third-order valence-corrected chi connectivity index (χ3v) is 2.47. The summed E-state index contributed by atoms with van der Waals surface area (Å²) < 4.78 is 1.99. The molecule has 0 radical (unpaired) electrons. The van der Waals surface area contributed by atoms with Crippen molar-refractivity contribution in [3.63, 3.8) is 0 Å². The molecule has 0 atom stereocenters. The van der Waals surface area contributed by atoms with Gasteiger partial charge in [0.25, 0.3) is 0 Å². The predicted molar refractivity (Wildman–Crippen MR) is 66.1 cm³/mol. The third-order valence-electron chi connectivity index (χ3n) is 2.47. The van der Waals surface area contributed by atoms with Crippen LogP contribution in [0.4, 0.5) is 11.4 Å². The molecule has 0 saturated heterocycles. The van der Waals surface area contributed by atoms with Crippen LogP contribution >= 0.6 is 0 Å². The molecule has 1 aromatic heterocycles. The fraction of sp³-hybridized carbons (Fsp3) is 0.250. The molecule has 3 N–H and O–H groups in total. The van der Waals surface area contributed by atoms with E-state index < -0.39 is 0 Å².